The first-order valence-electron chi connectivity index (χ1n) is 7.10. The highest BCUT2D eigenvalue weighted by molar-refractivity contribution is 5.83. The van der Waals surface area contributed by atoms with Crippen LogP contribution >= 0.6 is 0 Å². The number of benzene rings is 1. The number of pyridine rings is 1. The first kappa shape index (κ1) is 14.6. The Hall–Kier alpha value is -1.84. The summed E-state index contributed by atoms with van der Waals surface area (Å²) in [7, 11) is 1.47. The second-order valence-electron chi connectivity index (χ2n) is 4.85. The summed E-state index contributed by atoms with van der Waals surface area (Å²) >= 11 is 0. The molecule has 0 saturated heterocycles. The van der Waals surface area contributed by atoms with Gasteiger partial charge in [0, 0.05) is 18.0 Å². The zero-order chi connectivity index (χ0) is 14.5. The van der Waals surface area contributed by atoms with E-state index in [4.69, 9.17) is 4.74 Å². The van der Waals surface area contributed by atoms with Crippen molar-refractivity contribution < 1.29 is 9.13 Å². The monoisotopic (exact) mass is 276 g/mol. The van der Waals surface area contributed by atoms with Gasteiger partial charge in [0.1, 0.15) is 5.82 Å². The number of aromatic nitrogens is 1. The molecule has 0 atom stereocenters. The zero-order valence-corrected chi connectivity index (χ0v) is 12.3. The number of methoxy groups -OCH3 is 1. The Kier molecular flexibility index (Phi) is 4.77. The van der Waals surface area contributed by atoms with Gasteiger partial charge in [-0.3, -0.25) is 0 Å². The third kappa shape index (κ3) is 3.00. The maximum atomic E-state index is 13.8. The number of aryl methyl sites for hydroxylation is 1. The Morgan fingerprint density at radius 1 is 1.20 bits per heavy atom. The minimum absolute atomic E-state index is 0.260. The van der Waals surface area contributed by atoms with Crippen LogP contribution in [0.15, 0.2) is 18.2 Å². The van der Waals surface area contributed by atoms with Crippen molar-refractivity contribution in [1.29, 1.82) is 0 Å². The predicted molar refractivity (Wildman–Crippen MR) is 81.0 cm³/mol. The Bertz CT molecular complexity index is 599. The summed E-state index contributed by atoms with van der Waals surface area (Å²) in [4.78, 5) is 4.56. The molecule has 3 nitrogen and oxygen atoms in total. The van der Waals surface area contributed by atoms with E-state index in [2.05, 4.69) is 30.2 Å². The molecule has 2 aromatic rings. The topological polar surface area (TPSA) is 34.2 Å². The Balaban J connectivity index is 2.52. The van der Waals surface area contributed by atoms with Crippen LogP contribution < -0.4 is 10.1 Å². The predicted octanol–water partition coefficient (Wildman–Crippen LogP) is 4.16. The summed E-state index contributed by atoms with van der Waals surface area (Å²) in [5.74, 6) is 0.749. The number of ether oxygens (including phenoxy) is 1. The second kappa shape index (κ2) is 6.55. The fraction of sp³-hybridized carbons (Fsp3) is 0.438. The smallest absolute Gasteiger partial charge is 0.167 e. The number of anilines is 1. The lowest BCUT2D eigenvalue weighted by Crippen LogP contribution is -2.06. The van der Waals surface area contributed by atoms with E-state index >= 15 is 0 Å². The lowest BCUT2D eigenvalue weighted by molar-refractivity contribution is 0.387. The SMILES string of the molecule is CCCNc1nc2cc(F)c(OC)cc2cc1CCC. The van der Waals surface area contributed by atoms with Gasteiger partial charge in [0.25, 0.3) is 0 Å². The van der Waals surface area contributed by atoms with Gasteiger partial charge >= 0.3 is 0 Å². The number of halogens is 1. The van der Waals surface area contributed by atoms with Gasteiger partial charge in [0.15, 0.2) is 11.6 Å². The maximum absolute atomic E-state index is 13.8. The molecule has 1 heterocycles. The van der Waals surface area contributed by atoms with Crippen molar-refractivity contribution in [2.75, 3.05) is 19.0 Å². The molecule has 0 saturated carbocycles. The van der Waals surface area contributed by atoms with Crippen LogP contribution in [0.25, 0.3) is 10.9 Å². The molecule has 20 heavy (non-hydrogen) atoms. The van der Waals surface area contributed by atoms with Gasteiger partial charge in [0.2, 0.25) is 0 Å². The van der Waals surface area contributed by atoms with Crippen LogP contribution in [0.1, 0.15) is 32.3 Å². The third-order valence-electron chi connectivity index (χ3n) is 3.23. The zero-order valence-electron chi connectivity index (χ0n) is 12.3. The summed E-state index contributed by atoms with van der Waals surface area (Å²) in [6, 6.07) is 5.22. The van der Waals surface area contributed by atoms with Crippen molar-refractivity contribution in [2.45, 2.75) is 33.1 Å². The summed E-state index contributed by atoms with van der Waals surface area (Å²) < 4.78 is 18.8. The third-order valence-corrected chi connectivity index (χ3v) is 3.23. The van der Waals surface area contributed by atoms with Crippen molar-refractivity contribution in [3.05, 3.63) is 29.6 Å². The number of fused-ring (bicyclic) bond motifs is 1. The second-order valence-corrected chi connectivity index (χ2v) is 4.85. The average molecular weight is 276 g/mol. The van der Waals surface area contributed by atoms with Crippen molar-refractivity contribution in [3.8, 4) is 5.75 Å². The first-order valence-corrected chi connectivity index (χ1v) is 7.10. The quantitative estimate of drug-likeness (QED) is 0.860. The Labute approximate surface area is 119 Å². The van der Waals surface area contributed by atoms with Crippen LogP contribution in [0.5, 0.6) is 5.75 Å². The highest BCUT2D eigenvalue weighted by atomic mass is 19.1. The van der Waals surface area contributed by atoms with Crippen LogP contribution in [0, 0.1) is 5.82 Å². The molecule has 0 unspecified atom stereocenters. The number of rotatable bonds is 6. The summed E-state index contributed by atoms with van der Waals surface area (Å²) in [5.41, 5.74) is 1.82. The van der Waals surface area contributed by atoms with Crippen LogP contribution in [-0.4, -0.2) is 18.6 Å². The molecule has 4 heteroatoms. The van der Waals surface area contributed by atoms with Gasteiger partial charge in [-0.2, -0.15) is 0 Å². The Morgan fingerprint density at radius 2 is 2.00 bits per heavy atom. The molecule has 0 spiro atoms. The van der Waals surface area contributed by atoms with Crippen LogP contribution in [0.4, 0.5) is 10.2 Å². The number of hydrogen-bond acceptors (Lipinski definition) is 3. The molecule has 108 valence electrons. The molecule has 0 bridgehead atoms. The fourth-order valence-electron chi connectivity index (χ4n) is 2.23. The van der Waals surface area contributed by atoms with E-state index in [1.807, 2.05) is 0 Å². The molecule has 1 N–H and O–H groups in total. The summed E-state index contributed by atoms with van der Waals surface area (Å²) in [6.45, 7) is 5.12. The standard InChI is InChI=1S/C16H21FN2O/c1-4-6-11-8-12-9-15(20-3)13(17)10-14(12)19-16(11)18-7-5-2/h8-10H,4-7H2,1-3H3,(H,18,19). The van der Waals surface area contributed by atoms with Gasteiger partial charge in [-0.25, -0.2) is 9.37 Å². The van der Waals surface area contributed by atoms with E-state index in [0.29, 0.717) is 5.52 Å². The van der Waals surface area contributed by atoms with Crippen molar-refractivity contribution in [2.24, 2.45) is 0 Å². The minimum atomic E-state index is -0.378. The molecule has 1 aromatic carbocycles. The normalized spacial score (nSPS) is 10.8. The summed E-state index contributed by atoms with van der Waals surface area (Å²) in [5, 5.41) is 4.23. The van der Waals surface area contributed by atoms with Crippen LogP contribution in [0.2, 0.25) is 0 Å². The molecule has 0 radical (unpaired) electrons. The van der Waals surface area contributed by atoms with Gasteiger partial charge < -0.3 is 10.1 Å². The molecule has 0 fully saturated rings. The largest absolute Gasteiger partial charge is 0.494 e. The van der Waals surface area contributed by atoms with Crippen LogP contribution in [-0.2, 0) is 6.42 Å². The number of nitrogens with one attached hydrogen (secondary N) is 1. The van der Waals surface area contributed by atoms with Crippen molar-refractivity contribution >= 4 is 16.7 Å². The molecular formula is C16H21FN2O. The minimum Gasteiger partial charge on any atom is -0.494 e. The molecule has 0 aliphatic heterocycles. The van der Waals surface area contributed by atoms with Crippen molar-refractivity contribution in [1.82, 2.24) is 4.98 Å². The molecule has 0 amide bonds. The van der Waals surface area contributed by atoms with E-state index in [-0.39, 0.29) is 11.6 Å². The molecule has 0 aliphatic carbocycles. The number of nitrogens with zero attached hydrogens (tertiary/aromatic N) is 1. The highest BCUT2D eigenvalue weighted by Crippen LogP contribution is 2.27. The van der Waals surface area contributed by atoms with E-state index < -0.39 is 0 Å². The van der Waals surface area contributed by atoms with E-state index in [1.54, 1.807) is 6.07 Å². The van der Waals surface area contributed by atoms with Gasteiger partial charge in [-0.1, -0.05) is 20.3 Å². The van der Waals surface area contributed by atoms with Crippen molar-refractivity contribution in [3.63, 3.8) is 0 Å². The first-order chi connectivity index (χ1) is 9.69. The van der Waals surface area contributed by atoms with Crippen LogP contribution in [0.3, 0.4) is 0 Å². The lowest BCUT2D eigenvalue weighted by atomic mass is 10.1. The summed E-state index contributed by atoms with van der Waals surface area (Å²) in [6.07, 6.45) is 3.03. The molecule has 2 rings (SSSR count). The highest BCUT2D eigenvalue weighted by Gasteiger charge is 2.10. The van der Waals surface area contributed by atoms with Gasteiger partial charge in [-0.05, 0) is 30.5 Å². The van der Waals surface area contributed by atoms with Gasteiger partial charge in [-0.15, -0.1) is 0 Å². The molecule has 1 aromatic heterocycles. The molecule has 0 aliphatic rings. The molecular weight excluding hydrogens is 255 g/mol. The lowest BCUT2D eigenvalue weighted by Gasteiger charge is -2.12. The van der Waals surface area contributed by atoms with E-state index in [1.165, 1.54) is 18.7 Å². The Morgan fingerprint density at radius 3 is 2.65 bits per heavy atom. The maximum Gasteiger partial charge on any atom is 0.167 e. The van der Waals surface area contributed by atoms with Gasteiger partial charge in [0.05, 0.1) is 12.6 Å². The number of hydrogen-bond donors (Lipinski definition) is 1. The average Bonchev–Trinajstić information content (AvgIpc) is 2.45. The van der Waals surface area contributed by atoms with E-state index in [9.17, 15) is 4.39 Å². The van der Waals surface area contributed by atoms with E-state index in [0.717, 1.165) is 37.0 Å². The fourth-order valence-corrected chi connectivity index (χ4v) is 2.23.